The second kappa shape index (κ2) is 5.86. The zero-order valence-electron chi connectivity index (χ0n) is 10.8. The van der Waals surface area contributed by atoms with Gasteiger partial charge in [-0.2, -0.15) is 0 Å². The number of carboxylic acid groups (broad SMARTS) is 1. The van der Waals surface area contributed by atoms with Gasteiger partial charge in [0.1, 0.15) is 0 Å². The van der Waals surface area contributed by atoms with Gasteiger partial charge in [-0.1, -0.05) is 12.1 Å². The van der Waals surface area contributed by atoms with Crippen LogP contribution >= 0.6 is 0 Å². The van der Waals surface area contributed by atoms with Crippen LogP contribution in [-0.4, -0.2) is 28.7 Å². The first kappa shape index (κ1) is 13.6. The third-order valence-electron chi connectivity index (χ3n) is 3.23. The summed E-state index contributed by atoms with van der Waals surface area (Å²) in [5, 5.41) is 10.3. The maximum Gasteiger partial charge on any atom is 0.337 e. The average Bonchev–Trinajstić information content (AvgIpc) is 2.75. The highest BCUT2D eigenvalue weighted by Crippen LogP contribution is 2.25. The Morgan fingerprint density at radius 1 is 1.26 bits per heavy atom. The molecule has 0 atom stereocenters. The molecule has 5 nitrogen and oxygen atoms in total. The number of hydrogen-bond acceptors (Lipinski definition) is 3. The number of nitrogens with zero attached hydrogens (tertiary/aromatic N) is 1. The van der Waals surface area contributed by atoms with Gasteiger partial charge in [-0.15, -0.1) is 0 Å². The largest absolute Gasteiger partial charge is 0.478 e. The molecular weight excluding hydrogens is 242 g/mol. The third-order valence-corrected chi connectivity index (χ3v) is 3.23. The van der Waals surface area contributed by atoms with Crippen molar-refractivity contribution in [3.63, 3.8) is 0 Å². The van der Waals surface area contributed by atoms with Gasteiger partial charge in [0.2, 0.25) is 0 Å². The molecule has 0 bridgehead atoms. The Kier molecular flexibility index (Phi) is 4.19. The molecule has 0 aliphatic carbocycles. The number of para-hydroxylation sites is 1. The van der Waals surface area contributed by atoms with Gasteiger partial charge in [0.05, 0.1) is 11.1 Å². The van der Waals surface area contributed by atoms with Crippen molar-refractivity contribution in [1.82, 2.24) is 4.57 Å². The van der Waals surface area contributed by atoms with Crippen molar-refractivity contribution in [2.45, 2.75) is 19.4 Å². The second-order valence-corrected chi connectivity index (χ2v) is 4.54. The molecule has 1 aromatic heterocycles. The maximum absolute atomic E-state index is 11.3. The predicted molar refractivity (Wildman–Crippen MR) is 75.3 cm³/mol. The van der Waals surface area contributed by atoms with E-state index >= 15 is 0 Å². The second-order valence-electron chi connectivity index (χ2n) is 4.54. The molecule has 0 saturated carbocycles. The van der Waals surface area contributed by atoms with Crippen molar-refractivity contribution < 1.29 is 9.90 Å². The number of carboxylic acids is 1. The van der Waals surface area contributed by atoms with Crippen LogP contribution in [0, 0.1) is 0 Å². The fraction of sp³-hybridized carbons (Fsp3) is 0.357. The van der Waals surface area contributed by atoms with Crippen LogP contribution in [0.25, 0.3) is 10.9 Å². The van der Waals surface area contributed by atoms with Crippen molar-refractivity contribution in [3.8, 4) is 0 Å². The summed E-state index contributed by atoms with van der Waals surface area (Å²) in [5.41, 5.74) is 13.3. The molecule has 19 heavy (non-hydrogen) atoms. The summed E-state index contributed by atoms with van der Waals surface area (Å²) in [6.07, 6.45) is 3.56. The van der Waals surface area contributed by atoms with Crippen LogP contribution in [0.4, 0.5) is 0 Å². The van der Waals surface area contributed by atoms with E-state index in [1.807, 2.05) is 16.8 Å². The van der Waals surface area contributed by atoms with Crippen molar-refractivity contribution in [3.05, 3.63) is 35.5 Å². The fourth-order valence-electron chi connectivity index (χ4n) is 2.40. The highest BCUT2D eigenvalue weighted by atomic mass is 16.4. The van der Waals surface area contributed by atoms with E-state index in [0.29, 0.717) is 18.7 Å². The number of hydrogen-bond donors (Lipinski definition) is 3. The molecule has 102 valence electrons. The van der Waals surface area contributed by atoms with Crippen molar-refractivity contribution in [2.24, 2.45) is 11.5 Å². The molecule has 0 fully saturated rings. The Bertz CT molecular complexity index is 590. The molecule has 2 rings (SSSR count). The van der Waals surface area contributed by atoms with E-state index in [1.165, 1.54) is 0 Å². The molecule has 2 aromatic rings. The predicted octanol–water partition coefficient (Wildman–Crippen LogP) is 1.19. The van der Waals surface area contributed by atoms with Crippen molar-refractivity contribution in [1.29, 1.82) is 0 Å². The summed E-state index contributed by atoms with van der Waals surface area (Å²) in [5.74, 6) is -0.906. The zero-order valence-corrected chi connectivity index (χ0v) is 10.8. The van der Waals surface area contributed by atoms with Gasteiger partial charge < -0.3 is 21.1 Å². The lowest BCUT2D eigenvalue weighted by Gasteiger charge is -2.06. The molecule has 0 aliphatic heterocycles. The molecule has 1 heterocycles. The minimum absolute atomic E-state index is 0.331. The Labute approximate surface area is 111 Å². The lowest BCUT2D eigenvalue weighted by Crippen LogP contribution is -2.07. The molecule has 0 amide bonds. The van der Waals surface area contributed by atoms with E-state index in [0.717, 1.165) is 35.9 Å². The van der Waals surface area contributed by atoms with Crippen LogP contribution in [-0.2, 0) is 13.0 Å². The summed E-state index contributed by atoms with van der Waals surface area (Å²) in [4.78, 5) is 11.3. The summed E-state index contributed by atoms with van der Waals surface area (Å²) in [6, 6.07) is 5.36. The van der Waals surface area contributed by atoms with Gasteiger partial charge >= 0.3 is 5.97 Å². The molecule has 0 radical (unpaired) electrons. The fourth-order valence-corrected chi connectivity index (χ4v) is 2.40. The molecule has 1 aromatic carbocycles. The van der Waals surface area contributed by atoms with Gasteiger partial charge in [-0.25, -0.2) is 4.79 Å². The summed E-state index contributed by atoms with van der Waals surface area (Å²) in [6.45, 7) is 1.86. The zero-order chi connectivity index (χ0) is 13.8. The average molecular weight is 261 g/mol. The molecule has 0 saturated heterocycles. The van der Waals surface area contributed by atoms with Gasteiger partial charge in [0.25, 0.3) is 0 Å². The Balaban J connectivity index is 2.61. The monoisotopic (exact) mass is 261 g/mol. The normalized spacial score (nSPS) is 11.1. The van der Waals surface area contributed by atoms with E-state index in [1.54, 1.807) is 12.1 Å². The Morgan fingerprint density at radius 2 is 2.05 bits per heavy atom. The number of rotatable bonds is 6. The number of fused-ring (bicyclic) bond motifs is 1. The standard InChI is InChI=1S/C14H19N3O2/c15-6-2-8-17-9-10(5-7-16)11-3-1-4-12(13(11)17)14(18)19/h1,3-4,9H,2,5-8,15-16H2,(H,18,19). The first-order valence-electron chi connectivity index (χ1n) is 6.43. The number of aromatic nitrogens is 1. The summed E-state index contributed by atoms with van der Waals surface area (Å²) < 4.78 is 1.98. The first-order chi connectivity index (χ1) is 9.19. The molecule has 0 aliphatic rings. The van der Waals surface area contributed by atoms with Gasteiger partial charge in [0, 0.05) is 18.1 Å². The van der Waals surface area contributed by atoms with Crippen molar-refractivity contribution in [2.75, 3.05) is 13.1 Å². The van der Waals surface area contributed by atoms with Gasteiger partial charge in [-0.3, -0.25) is 0 Å². The van der Waals surface area contributed by atoms with Gasteiger partial charge in [-0.05, 0) is 37.6 Å². The lowest BCUT2D eigenvalue weighted by molar-refractivity contribution is 0.0698. The van der Waals surface area contributed by atoms with Crippen LogP contribution in [0.5, 0.6) is 0 Å². The van der Waals surface area contributed by atoms with Gasteiger partial charge in [0.15, 0.2) is 0 Å². The van der Waals surface area contributed by atoms with Crippen LogP contribution < -0.4 is 11.5 Å². The Morgan fingerprint density at radius 3 is 2.68 bits per heavy atom. The smallest absolute Gasteiger partial charge is 0.337 e. The maximum atomic E-state index is 11.3. The highest BCUT2D eigenvalue weighted by Gasteiger charge is 2.15. The van der Waals surface area contributed by atoms with Crippen molar-refractivity contribution >= 4 is 16.9 Å². The van der Waals surface area contributed by atoms with Crippen LogP contribution in [0.1, 0.15) is 22.3 Å². The number of aromatic carboxylic acids is 1. The minimum atomic E-state index is -0.906. The highest BCUT2D eigenvalue weighted by molar-refractivity contribution is 6.03. The quantitative estimate of drug-likeness (QED) is 0.728. The van der Waals surface area contributed by atoms with Crippen LogP contribution in [0.3, 0.4) is 0 Å². The van der Waals surface area contributed by atoms with Crippen LogP contribution in [0.2, 0.25) is 0 Å². The number of aryl methyl sites for hydroxylation is 1. The lowest BCUT2D eigenvalue weighted by atomic mass is 10.1. The molecule has 5 N–H and O–H groups in total. The van der Waals surface area contributed by atoms with E-state index in [-0.39, 0.29) is 0 Å². The number of benzene rings is 1. The molecule has 0 spiro atoms. The third kappa shape index (κ3) is 2.62. The SMILES string of the molecule is NCCCn1cc(CCN)c2cccc(C(=O)O)c21. The Hall–Kier alpha value is -1.85. The number of carbonyl (C=O) groups is 1. The molecule has 5 heteroatoms. The minimum Gasteiger partial charge on any atom is -0.478 e. The summed E-state index contributed by atoms with van der Waals surface area (Å²) >= 11 is 0. The van der Waals surface area contributed by atoms with Crippen LogP contribution in [0.15, 0.2) is 24.4 Å². The van der Waals surface area contributed by atoms with E-state index in [2.05, 4.69) is 0 Å². The van der Waals surface area contributed by atoms with E-state index < -0.39 is 5.97 Å². The summed E-state index contributed by atoms with van der Waals surface area (Å²) in [7, 11) is 0. The van der Waals surface area contributed by atoms with E-state index in [9.17, 15) is 9.90 Å². The number of nitrogens with two attached hydrogens (primary N) is 2. The molecule has 0 unspecified atom stereocenters. The first-order valence-corrected chi connectivity index (χ1v) is 6.43. The molecular formula is C14H19N3O2. The van der Waals surface area contributed by atoms with E-state index in [4.69, 9.17) is 11.5 Å². The topological polar surface area (TPSA) is 94.3 Å².